The van der Waals surface area contributed by atoms with Crippen molar-refractivity contribution in [2.75, 3.05) is 37.6 Å². The molecule has 2 heterocycles. The molecule has 1 aliphatic rings. The van der Waals surface area contributed by atoms with Crippen molar-refractivity contribution in [3.63, 3.8) is 0 Å². The van der Waals surface area contributed by atoms with Crippen molar-refractivity contribution in [2.24, 2.45) is 0 Å². The highest BCUT2D eigenvalue weighted by Gasteiger charge is 2.23. The second kappa shape index (κ2) is 7.83. The number of nitrogens with one attached hydrogen (secondary N) is 1. The molecular formula is C20H27N5O. The van der Waals surface area contributed by atoms with E-state index in [1.165, 1.54) is 5.56 Å². The van der Waals surface area contributed by atoms with Crippen LogP contribution in [0.1, 0.15) is 32.0 Å². The van der Waals surface area contributed by atoms with Gasteiger partial charge in [0.25, 0.3) is 5.56 Å². The summed E-state index contributed by atoms with van der Waals surface area (Å²) in [5.41, 5.74) is 1.25. The molecule has 1 aromatic carbocycles. The number of benzene rings is 1. The van der Waals surface area contributed by atoms with E-state index in [4.69, 9.17) is 0 Å². The molecule has 138 valence electrons. The van der Waals surface area contributed by atoms with E-state index in [1.54, 1.807) is 0 Å². The van der Waals surface area contributed by atoms with Crippen molar-refractivity contribution in [3.8, 4) is 0 Å². The van der Waals surface area contributed by atoms with E-state index >= 15 is 0 Å². The number of aromatic amines is 1. The van der Waals surface area contributed by atoms with Gasteiger partial charge in [-0.15, -0.1) is 10.2 Å². The van der Waals surface area contributed by atoms with Crippen LogP contribution >= 0.6 is 0 Å². The van der Waals surface area contributed by atoms with Gasteiger partial charge in [-0.3, -0.25) is 14.7 Å². The van der Waals surface area contributed by atoms with Crippen LogP contribution in [0.15, 0.2) is 41.2 Å². The van der Waals surface area contributed by atoms with Gasteiger partial charge in [0.2, 0.25) is 5.95 Å². The van der Waals surface area contributed by atoms with Crippen molar-refractivity contribution in [2.45, 2.75) is 26.2 Å². The summed E-state index contributed by atoms with van der Waals surface area (Å²) in [5, 5.41) is 8.41. The molecule has 26 heavy (non-hydrogen) atoms. The number of hydrogen-bond donors (Lipinski definition) is 1. The van der Waals surface area contributed by atoms with Crippen LogP contribution in [0.5, 0.6) is 0 Å². The molecule has 1 fully saturated rings. The van der Waals surface area contributed by atoms with E-state index in [0.717, 1.165) is 32.7 Å². The number of nitrogens with zero attached hydrogens (tertiary/aromatic N) is 4. The summed E-state index contributed by atoms with van der Waals surface area (Å²) in [7, 11) is 0. The molecule has 1 N–H and O–H groups in total. The fourth-order valence-corrected chi connectivity index (χ4v) is 3.01. The number of anilines is 1. The topological polar surface area (TPSA) is 65.1 Å². The summed E-state index contributed by atoms with van der Waals surface area (Å²) in [5.74, 6) is 0.572. The average Bonchev–Trinajstić information content (AvgIpc) is 2.62. The summed E-state index contributed by atoms with van der Waals surface area (Å²) >= 11 is 0. The van der Waals surface area contributed by atoms with Crippen molar-refractivity contribution >= 4 is 12.0 Å². The van der Waals surface area contributed by atoms with Crippen LogP contribution in [-0.4, -0.2) is 52.8 Å². The number of H-pyrrole nitrogens is 1. The lowest BCUT2D eigenvalue weighted by molar-refractivity contribution is 0.282. The van der Waals surface area contributed by atoms with Gasteiger partial charge in [-0.2, -0.15) is 0 Å². The molecule has 6 heteroatoms. The Kier molecular flexibility index (Phi) is 5.52. The molecule has 1 saturated heterocycles. The Hall–Kier alpha value is -2.47. The minimum Gasteiger partial charge on any atom is -0.338 e. The first-order valence-electron chi connectivity index (χ1n) is 9.10. The van der Waals surface area contributed by atoms with Crippen LogP contribution in [0.25, 0.3) is 6.08 Å². The van der Waals surface area contributed by atoms with E-state index < -0.39 is 0 Å². The molecule has 0 saturated carbocycles. The third kappa shape index (κ3) is 4.58. The fraction of sp³-hybridized carbons (Fsp3) is 0.450. The third-order valence-electron chi connectivity index (χ3n) is 4.54. The molecule has 0 unspecified atom stereocenters. The number of hydrogen-bond acceptors (Lipinski definition) is 5. The number of aromatic nitrogens is 3. The lowest BCUT2D eigenvalue weighted by atomic mass is 9.93. The van der Waals surface area contributed by atoms with Gasteiger partial charge in [-0.05, 0) is 5.56 Å². The molecule has 1 aliphatic heterocycles. The predicted octanol–water partition coefficient (Wildman–Crippen LogP) is 2.30. The number of rotatable bonds is 4. The van der Waals surface area contributed by atoms with Crippen LogP contribution in [0.4, 0.5) is 5.95 Å². The van der Waals surface area contributed by atoms with Crippen molar-refractivity contribution in [3.05, 3.63) is 58.0 Å². The Morgan fingerprint density at radius 3 is 2.38 bits per heavy atom. The first-order chi connectivity index (χ1) is 12.4. The average molecular weight is 353 g/mol. The summed E-state index contributed by atoms with van der Waals surface area (Å²) in [4.78, 5) is 19.7. The molecular weight excluding hydrogens is 326 g/mol. The molecule has 0 amide bonds. The molecule has 1 aromatic heterocycles. The second-order valence-electron chi connectivity index (χ2n) is 7.68. The Labute approximate surface area is 154 Å². The van der Waals surface area contributed by atoms with Gasteiger partial charge in [0.05, 0.1) is 0 Å². The molecule has 0 atom stereocenters. The number of piperazine rings is 1. The van der Waals surface area contributed by atoms with Crippen LogP contribution in [0.2, 0.25) is 0 Å². The highest BCUT2D eigenvalue weighted by molar-refractivity contribution is 5.48. The van der Waals surface area contributed by atoms with Gasteiger partial charge in [0.1, 0.15) is 5.69 Å². The van der Waals surface area contributed by atoms with Crippen LogP contribution in [0.3, 0.4) is 0 Å². The van der Waals surface area contributed by atoms with Gasteiger partial charge in [0.15, 0.2) is 0 Å². The zero-order chi connectivity index (χ0) is 18.6. The van der Waals surface area contributed by atoms with Gasteiger partial charge >= 0.3 is 0 Å². The molecule has 0 aliphatic carbocycles. The highest BCUT2D eigenvalue weighted by atomic mass is 16.1. The summed E-state index contributed by atoms with van der Waals surface area (Å²) < 4.78 is 0. The molecule has 3 rings (SSSR count). The first kappa shape index (κ1) is 18.3. The smallest absolute Gasteiger partial charge is 0.274 e. The normalized spacial score (nSPS) is 16.3. The second-order valence-corrected chi connectivity index (χ2v) is 7.68. The molecule has 0 spiro atoms. The van der Waals surface area contributed by atoms with E-state index in [-0.39, 0.29) is 11.0 Å². The van der Waals surface area contributed by atoms with Crippen LogP contribution in [0, 0.1) is 0 Å². The van der Waals surface area contributed by atoms with E-state index in [1.807, 2.05) is 39.0 Å². The van der Waals surface area contributed by atoms with Crippen molar-refractivity contribution < 1.29 is 0 Å². The fourth-order valence-electron chi connectivity index (χ4n) is 3.01. The van der Waals surface area contributed by atoms with Gasteiger partial charge < -0.3 is 4.90 Å². The maximum absolute atomic E-state index is 12.3. The van der Waals surface area contributed by atoms with E-state index in [2.05, 4.69) is 49.3 Å². The van der Waals surface area contributed by atoms with Crippen LogP contribution in [-0.2, 0) is 5.41 Å². The maximum Gasteiger partial charge on any atom is 0.274 e. The Morgan fingerprint density at radius 2 is 1.77 bits per heavy atom. The zero-order valence-electron chi connectivity index (χ0n) is 15.8. The van der Waals surface area contributed by atoms with Gasteiger partial charge in [0, 0.05) is 38.1 Å². The Morgan fingerprint density at radius 1 is 1.08 bits per heavy atom. The summed E-state index contributed by atoms with van der Waals surface area (Å²) in [6.45, 7) is 10.4. The SMILES string of the molecule is CC(C)(C)c1nnc(N2CCN(C/C=C/c3ccccc3)CC2)[nH]c1=O. The standard InChI is InChI=1S/C20H27N5O/c1-20(2,3)17-18(26)21-19(23-22-17)25-14-12-24(13-15-25)11-7-10-16-8-5-4-6-9-16/h4-10H,11-15H2,1-3H3,(H,21,23,26)/b10-7+. The lowest BCUT2D eigenvalue weighted by Crippen LogP contribution is -2.47. The monoisotopic (exact) mass is 353 g/mol. The van der Waals surface area contributed by atoms with E-state index in [0.29, 0.717) is 11.6 Å². The Bertz CT molecular complexity index is 799. The van der Waals surface area contributed by atoms with E-state index in [9.17, 15) is 4.79 Å². The lowest BCUT2D eigenvalue weighted by Gasteiger charge is -2.34. The largest absolute Gasteiger partial charge is 0.338 e. The Balaban J connectivity index is 1.54. The third-order valence-corrected chi connectivity index (χ3v) is 4.54. The molecule has 6 nitrogen and oxygen atoms in total. The highest BCUT2D eigenvalue weighted by Crippen LogP contribution is 2.16. The maximum atomic E-state index is 12.3. The molecule has 2 aromatic rings. The van der Waals surface area contributed by atoms with Crippen LogP contribution < -0.4 is 10.5 Å². The van der Waals surface area contributed by atoms with Gasteiger partial charge in [-0.25, -0.2) is 0 Å². The molecule has 0 bridgehead atoms. The van der Waals surface area contributed by atoms with Gasteiger partial charge in [-0.1, -0.05) is 63.3 Å². The summed E-state index contributed by atoms with van der Waals surface area (Å²) in [6.07, 6.45) is 4.35. The van der Waals surface area contributed by atoms with Crippen molar-refractivity contribution in [1.29, 1.82) is 0 Å². The zero-order valence-corrected chi connectivity index (χ0v) is 15.8. The minimum absolute atomic E-state index is 0.143. The van der Waals surface area contributed by atoms with Crippen molar-refractivity contribution in [1.82, 2.24) is 20.1 Å². The molecule has 0 radical (unpaired) electrons. The minimum atomic E-state index is -0.303. The predicted molar refractivity (Wildman–Crippen MR) is 105 cm³/mol. The summed E-state index contributed by atoms with van der Waals surface area (Å²) in [6, 6.07) is 10.3. The first-order valence-corrected chi connectivity index (χ1v) is 9.10. The quantitative estimate of drug-likeness (QED) is 0.914.